The van der Waals surface area contributed by atoms with Crippen LogP contribution in [0.15, 0.2) is 53.1 Å². The number of nitrogens with one attached hydrogen (secondary N) is 1. The minimum Gasteiger partial charge on any atom is -0.452 e. The third-order valence-corrected chi connectivity index (χ3v) is 3.65. The van der Waals surface area contributed by atoms with Crippen molar-refractivity contribution in [3.63, 3.8) is 0 Å². The summed E-state index contributed by atoms with van der Waals surface area (Å²) in [7, 11) is 0. The van der Waals surface area contributed by atoms with Gasteiger partial charge in [-0.05, 0) is 19.1 Å². The van der Waals surface area contributed by atoms with E-state index in [1.54, 1.807) is 24.3 Å². The van der Waals surface area contributed by atoms with Gasteiger partial charge in [0.2, 0.25) is 0 Å². The molecule has 8 heteroatoms. The second-order valence-electron chi connectivity index (χ2n) is 5.58. The Morgan fingerprint density at radius 1 is 1.15 bits per heavy atom. The van der Waals surface area contributed by atoms with Crippen molar-refractivity contribution in [2.75, 3.05) is 11.9 Å². The molecule has 6 nitrogen and oxygen atoms in total. The molecule has 1 heterocycles. The predicted molar refractivity (Wildman–Crippen MR) is 91.9 cm³/mol. The molecule has 0 atom stereocenters. The van der Waals surface area contributed by atoms with Crippen molar-refractivity contribution in [3.8, 4) is 11.3 Å². The molecule has 0 unspecified atom stereocenters. The Hall–Kier alpha value is -3.55. The van der Waals surface area contributed by atoms with Crippen LogP contribution in [0.2, 0.25) is 0 Å². The average Bonchev–Trinajstić information content (AvgIpc) is 3.05. The number of hydrogen-bond donors (Lipinski definition) is 1. The lowest BCUT2D eigenvalue weighted by atomic mass is 10.1. The van der Waals surface area contributed by atoms with Crippen LogP contribution in [0.1, 0.15) is 16.1 Å². The molecule has 0 aliphatic rings. The zero-order valence-corrected chi connectivity index (χ0v) is 14.2. The monoisotopic (exact) mass is 372 g/mol. The maximum absolute atomic E-state index is 13.5. The van der Waals surface area contributed by atoms with E-state index in [0.717, 1.165) is 18.2 Å². The van der Waals surface area contributed by atoms with Crippen LogP contribution in [0, 0.1) is 18.6 Å². The summed E-state index contributed by atoms with van der Waals surface area (Å²) in [4.78, 5) is 24.2. The first kappa shape index (κ1) is 18.2. The quantitative estimate of drug-likeness (QED) is 0.691. The summed E-state index contributed by atoms with van der Waals surface area (Å²) in [6.07, 6.45) is 0. The van der Waals surface area contributed by atoms with Crippen molar-refractivity contribution in [3.05, 3.63) is 71.5 Å². The first-order valence-corrected chi connectivity index (χ1v) is 7.89. The van der Waals surface area contributed by atoms with Gasteiger partial charge < -0.3 is 14.6 Å². The van der Waals surface area contributed by atoms with Gasteiger partial charge >= 0.3 is 5.97 Å². The molecular formula is C19H14F2N2O4. The van der Waals surface area contributed by atoms with Gasteiger partial charge in [-0.2, -0.15) is 0 Å². The van der Waals surface area contributed by atoms with Gasteiger partial charge in [-0.15, -0.1) is 0 Å². The maximum Gasteiger partial charge on any atom is 0.344 e. The van der Waals surface area contributed by atoms with Crippen molar-refractivity contribution in [2.45, 2.75) is 6.92 Å². The molecule has 0 fully saturated rings. The summed E-state index contributed by atoms with van der Waals surface area (Å²) in [6.45, 7) is 0.853. The average molecular weight is 372 g/mol. The molecule has 0 aliphatic carbocycles. The summed E-state index contributed by atoms with van der Waals surface area (Å²) in [5.74, 6) is -2.92. The van der Waals surface area contributed by atoms with E-state index in [0.29, 0.717) is 5.56 Å². The number of nitrogens with zero attached hydrogens (tertiary/aromatic N) is 1. The van der Waals surface area contributed by atoms with Gasteiger partial charge in [0.1, 0.15) is 28.7 Å². The standard InChI is InChI=1S/C19H14F2N2O4/c1-11-17(18(23-27-11)12-5-3-2-4-6-12)19(25)26-10-16(24)22-15-9-13(20)7-8-14(15)21/h2-9H,10H2,1H3,(H,22,24). The van der Waals surface area contributed by atoms with E-state index >= 15 is 0 Å². The number of hydrogen-bond acceptors (Lipinski definition) is 5. The fourth-order valence-corrected chi connectivity index (χ4v) is 2.39. The first-order valence-electron chi connectivity index (χ1n) is 7.89. The van der Waals surface area contributed by atoms with Gasteiger partial charge in [0.05, 0.1) is 5.69 Å². The van der Waals surface area contributed by atoms with E-state index in [9.17, 15) is 18.4 Å². The second-order valence-corrected chi connectivity index (χ2v) is 5.58. The van der Waals surface area contributed by atoms with Crippen LogP contribution in [0.4, 0.5) is 14.5 Å². The van der Waals surface area contributed by atoms with Crippen LogP contribution in [-0.4, -0.2) is 23.6 Å². The van der Waals surface area contributed by atoms with Crippen LogP contribution in [0.5, 0.6) is 0 Å². The number of halogens is 2. The fraction of sp³-hybridized carbons (Fsp3) is 0.105. The molecule has 3 aromatic rings. The van der Waals surface area contributed by atoms with Crippen molar-refractivity contribution in [1.29, 1.82) is 0 Å². The lowest BCUT2D eigenvalue weighted by Gasteiger charge is -2.08. The number of aryl methyl sites for hydroxylation is 1. The molecule has 1 aromatic heterocycles. The Balaban J connectivity index is 1.69. The summed E-state index contributed by atoms with van der Waals surface area (Å²) < 4.78 is 36.7. The molecule has 1 N–H and O–H groups in total. The third kappa shape index (κ3) is 4.17. The maximum atomic E-state index is 13.5. The SMILES string of the molecule is Cc1onc(-c2ccccc2)c1C(=O)OCC(=O)Nc1cc(F)ccc1F. The number of esters is 1. The summed E-state index contributed by atoms with van der Waals surface area (Å²) in [5, 5.41) is 6.00. The largest absolute Gasteiger partial charge is 0.452 e. The van der Waals surface area contributed by atoms with Gasteiger partial charge in [-0.1, -0.05) is 35.5 Å². The van der Waals surface area contributed by atoms with Crippen LogP contribution >= 0.6 is 0 Å². The Bertz CT molecular complexity index is 987. The molecule has 0 spiro atoms. The van der Waals surface area contributed by atoms with Crippen LogP contribution in [-0.2, 0) is 9.53 Å². The van der Waals surface area contributed by atoms with Gasteiger partial charge in [-0.25, -0.2) is 13.6 Å². The molecular weight excluding hydrogens is 358 g/mol. The van der Waals surface area contributed by atoms with Gasteiger partial charge in [0.25, 0.3) is 5.91 Å². The summed E-state index contributed by atoms with van der Waals surface area (Å²) in [6, 6.07) is 11.5. The second kappa shape index (κ2) is 7.77. The lowest BCUT2D eigenvalue weighted by Crippen LogP contribution is -2.22. The predicted octanol–water partition coefficient (Wildman–Crippen LogP) is 3.72. The number of aromatic nitrogens is 1. The highest BCUT2D eigenvalue weighted by molar-refractivity contribution is 5.99. The molecule has 0 radical (unpaired) electrons. The van der Waals surface area contributed by atoms with E-state index in [1.807, 2.05) is 6.07 Å². The molecule has 1 amide bonds. The zero-order chi connectivity index (χ0) is 19.4. The minimum absolute atomic E-state index is 0.0888. The molecule has 0 bridgehead atoms. The molecule has 2 aromatic carbocycles. The van der Waals surface area contributed by atoms with E-state index in [-0.39, 0.29) is 22.7 Å². The minimum atomic E-state index is -0.817. The van der Waals surface area contributed by atoms with Crippen LogP contribution in [0.25, 0.3) is 11.3 Å². The summed E-state index contributed by atoms with van der Waals surface area (Å²) >= 11 is 0. The number of carbonyl (C=O) groups excluding carboxylic acids is 2. The van der Waals surface area contributed by atoms with Crippen molar-refractivity contribution < 1.29 is 27.6 Å². The van der Waals surface area contributed by atoms with E-state index < -0.39 is 30.1 Å². The number of benzene rings is 2. The molecule has 27 heavy (non-hydrogen) atoms. The lowest BCUT2D eigenvalue weighted by molar-refractivity contribution is -0.119. The van der Waals surface area contributed by atoms with E-state index in [1.165, 1.54) is 6.92 Å². The number of carbonyl (C=O) groups is 2. The Morgan fingerprint density at radius 3 is 2.63 bits per heavy atom. The fourth-order valence-electron chi connectivity index (χ4n) is 2.39. The Morgan fingerprint density at radius 2 is 1.89 bits per heavy atom. The highest BCUT2D eigenvalue weighted by atomic mass is 19.1. The number of anilines is 1. The molecule has 0 aliphatic heterocycles. The van der Waals surface area contributed by atoms with E-state index in [2.05, 4.69) is 10.5 Å². The summed E-state index contributed by atoms with van der Waals surface area (Å²) in [5.41, 5.74) is 0.676. The topological polar surface area (TPSA) is 81.4 Å². The van der Waals surface area contributed by atoms with Crippen LogP contribution < -0.4 is 5.32 Å². The number of rotatable bonds is 5. The first-order chi connectivity index (χ1) is 13.0. The van der Waals surface area contributed by atoms with Crippen molar-refractivity contribution in [1.82, 2.24) is 5.16 Å². The Kier molecular flexibility index (Phi) is 5.25. The van der Waals surface area contributed by atoms with Crippen molar-refractivity contribution >= 4 is 17.6 Å². The van der Waals surface area contributed by atoms with Crippen molar-refractivity contribution in [2.24, 2.45) is 0 Å². The highest BCUT2D eigenvalue weighted by Crippen LogP contribution is 2.25. The Labute approximate surface area is 152 Å². The molecule has 138 valence electrons. The van der Waals surface area contributed by atoms with Gasteiger partial charge in [0.15, 0.2) is 6.61 Å². The third-order valence-electron chi connectivity index (χ3n) is 3.65. The van der Waals surface area contributed by atoms with Gasteiger partial charge in [-0.3, -0.25) is 4.79 Å². The van der Waals surface area contributed by atoms with E-state index in [4.69, 9.17) is 9.26 Å². The zero-order valence-electron chi connectivity index (χ0n) is 14.2. The molecule has 0 saturated carbocycles. The highest BCUT2D eigenvalue weighted by Gasteiger charge is 2.23. The smallest absolute Gasteiger partial charge is 0.344 e. The number of amides is 1. The molecule has 3 rings (SSSR count). The van der Waals surface area contributed by atoms with Gasteiger partial charge in [0, 0.05) is 11.6 Å². The van der Waals surface area contributed by atoms with Crippen LogP contribution in [0.3, 0.4) is 0 Å². The normalized spacial score (nSPS) is 10.5. The molecule has 0 saturated heterocycles. The number of ether oxygens (including phenoxy) is 1.